The molecule has 1 aliphatic rings. The third kappa shape index (κ3) is 3.19. The Balaban J connectivity index is 2.01. The Morgan fingerprint density at radius 1 is 1.29 bits per heavy atom. The van der Waals surface area contributed by atoms with Crippen LogP contribution in [0.25, 0.3) is 11.4 Å². The minimum Gasteiger partial charge on any atom is -0.496 e. The monoisotopic (exact) mass is 364 g/mol. The van der Waals surface area contributed by atoms with Crippen molar-refractivity contribution in [3.05, 3.63) is 39.1 Å². The van der Waals surface area contributed by atoms with Gasteiger partial charge in [0.2, 0.25) is 0 Å². The van der Waals surface area contributed by atoms with E-state index in [2.05, 4.69) is 25.9 Å². The average Bonchev–Trinajstić information content (AvgIpc) is 3.01. The molecule has 5 heteroatoms. The van der Waals surface area contributed by atoms with Crippen molar-refractivity contribution in [1.29, 1.82) is 0 Å². The Morgan fingerprint density at radius 3 is 2.71 bits per heavy atom. The van der Waals surface area contributed by atoms with Crippen molar-refractivity contribution in [2.75, 3.05) is 7.11 Å². The molecule has 1 aromatic carbocycles. The number of hydrogen-bond donors (Lipinski definition) is 1. The van der Waals surface area contributed by atoms with Gasteiger partial charge < -0.3 is 9.72 Å². The molecule has 0 radical (unpaired) electrons. The first-order chi connectivity index (χ1) is 10.2. The molecule has 1 saturated carbocycles. The van der Waals surface area contributed by atoms with Crippen molar-refractivity contribution < 1.29 is 4.74 Å². The maximum absolute atomic E-state index is 5.34. The number of nitrogens with zero attached hydrogens (tertiary/aromatic N) is 1. The molecule has 0 aliphatic heterocycles. The highest BCUT2D eigenvalue weighted by Gasteiger charge is 2.18. The third-order valence-electron chi connectivity index (χ3n) is 3.98. The molecule has 1 fully saturated rings. The molecule has 0 spiro atoms. The van der Waals surface area contributed by atoms with Crippen LogP contribution in [0, 0.1) is 4.64 Å². The summed E-state index contributed by atoms with van der Waals surface area (Å²) < 4.78 is 6.83. The second kappa shape index (κ2) is 6.28. The Bertz CT molecular complexity index is 708. The van der Waals surface area contributed by atoms with Crippen LogP contribution in [0.2, 0.25) is 0 Å². The highest BCUT2D eigenvalue weighted by molar-refractivity contribution is 9.10. The molecule has 1 heterocycles. The summed E-state index contributed by atoms with van der Waals surface area (Å²) in [6.07, 6.45) is 5.08. The number of rotatable bonds is 3. The van der Waals surface area contributed by atoms with Crippen molar-refractivity contribution in [3.63, 3.8) is 0 Å². The normalized spacial score (nSPS) is 15.3. The van der Waals surface area contributed by atoms with Crippen molar-refractivity contribution in [2.45, 2.75) is 31.6 Å². The zero-order valence-corrected chi connectivity index (χ0v) is 14.3. The molecule has 21 heavy (non-hydrogen) atoms. The predicted molar refractivity (Wildman–Crippen MR) is 90.3 cm³/mol. The number of halogens is 1. The number of nitrogens with one attached hydrogen (secondary N) is 1. The number of hydrogen-bond acceptors (Lipinski definition) is 3. The largest absolute Gasteiger partial charge is 0.496 e. The van der Waals surface area contributed by atoms with E-state index in [0.717, 1.165) is 21.6 Å². The fraction of sp³-hybridized carbons (Fsp3) is 0.375. The van der Waals surface area contributed by atoms with Crippen LogP contribution < -0.4 is 4.74 Å². The highest BCUT2D eigenvalue weighted by Crippen LogP contribution is 2.34. The lowest BCUT2D eigenvalue weighted by atomic mass is 10.0. The molecule has 0 saturated heterocycles. The highest BCUT2D eigenvalue weighted by atomic mass is 79.9. The molecule has 0 bridgehead atoms. The zero-order valence-electron chi connectivity index (χ0n) is 11.9. The van der Waals surface area contributed by atoms with Gasteiger partial charge in [0.1, 0.15) is 16.2 Å². The van der Waals surface area contributed by atoms with Gasteiger partial charge >= 0.3 is 0 Å². The van der Waals surface area contributed by atoms with E-state index in [1.54, 1.807) is 7.11 Å². The zero-order chi connectivity index (χ0) is 14.8. The van der Waals surface area contributed by atoms with Crippen LogP contribution in [0.3, 0.4) is 0 Å². The van der Waals surface area contributed by atoms with Crippen molar-refractivity contribution >= 4 is 28.1 Å². The molecular formula is C16H17BrN2OS. The quantitative estimate of drug-likeness (QED) is 0.757. The molecule has 1 aliphatic carbocycles. The Morgan fingerprint density at radius 2 is 2.05 bits per heavy atom. The maximum atomic E-state index is 5.34. The van der Waals surface area contributed by atoms with Gasteiger partial charge in [0, 0.05) is 11.3 Å². The fourth-order valence-corrected chi connectivity index (χ4v) is 3.64. The molecule has 1 N–H and O–H groups in total. The number of H-pyrrole nitrogens is 1. The smallest absolute Gasteiger partial charge is 0.139 e. The van der Waals surface area contributed by atoms with Gasteiger partial charge in [-0.15, -0.1) is 0 Å². The van der Waals surface area contributed by atoms with E-state index < -0.39 is 0 Å². The van der Waals surface area contributed by atoms with Crippen molar-refractivity contribution in [3.8, 4) is 17.1 Å². The average molecular weight is 365 g/mol. The molecule has 3 nitrogen and oxygen atoms in total. The minimum atomic E-state index is 0.593. The predicted octanol–water partition coefficient (Wildman–Crippen LogP) is 5.23. The van der Waals surface area contributed by atoms with Gasteiger partial charge in [-0.1, -0.05) is 25.1 Å². The number of benzene rings is 1. The lowest BCUT2D eigenvalue weighted by Crippen LogP contribution is -2.00. The van der Waals surface area contributed by atoms with Gasteiger partial charge in [0.05, 0.1) is 11.6 Å². The van der Waals surface area contributed by atoms with Crippen LogP contribution in [0.1, 0.15) is 37.3 Å². The van der Waals surface area contributed by atoms with E-state index in [1.165, 1.54) is 31.4 Å². The molecule has 110 valence electrons. The first kappa shape index (κ1) is 14.7. The van der Waals surface area contributed by atoms with Crippen LogP contribution in [-0.4, -0.2) is 17.1 Å². The molecule has 0 amide bonds. The molecule has 2 aromatic rings. The fourth-order valence-electron chi connectivity index (χ4n) is 2.88. The topological polar surface area (TPSA) is 37.9 Å². The summed E-state index contributed by atoms with van der Waals surface area (Å²) >= 11 is 8.85. The van der Waals surface area contributed by atoms with Crippen LogP contribution in [0.5, 0.6) is 5.75 Å². The molecule has 3 rings (SSSR count). The summed E-state index contributed by atoms with van der Waals surface area (Å²) in [5.41, 5.74) is 2.23. The minimum absolute atomic E-state index is 0.593. The SMILES string of the molecule is COc1ccc(-c2nc(=S)cc(C3CCCC3)[nH]2)cc1Br. The van der Waals surface area contributed by atoms with E-state index in [4.69, 9.17) is 17.0 Å². The summed E-state index contributed by atoms with van der Waals surface area (Å²) in [5, 5.41) is 0. The molecule has 1 aromatic heterocycles. The van der Waals surface area contributed by atoms with E-state index in [9.17, 15) is 0 Å². The van der Waals surface area contributed by atoms with Gasteiger partial charge in [0.15, 0.2) is 0 Å². The van der Waals surface area contributed by atoms with Crippen LogP contribution in [0.15, 0.2) is 28.7 Å². The van der Waals surface area contributed by atoms with Crippen LogP contribution >= 0.6 is 28.1 Å². The van der Waals surface area contributed by atoms with E-state index in [0.29, 0.717) is 10.6 Å². The van der Waals surface area contributed by atoms with Gasteiger partial charge in [-0.25, -0.2) is 4.98 Å². The van der Waals surface area contributed by atoms with E-state index in [-0.39, 0.29) is 0 Å². The Labute approximate surface area is 137 Å². The summed E-state index contributed by atoms with van der Waals surface area (Å²) in [6.45, 7) is 0. The Kier molecular flexibility index (Phi) is 4.40. The second-order valence-electron chi connectivity index (χ2n) is 5.35. The summed E-state index contributed by atoms with van der Waals surface area (Å²) in [7, 11) is 1.66. The van der Waals surface area contributed by atoms with Crippen LogP contribution in [0.4, 0.5) is 0 Å². The Hall–Kier alpha value is -1.20. The number of aromatic nitrogens is 2. The third-order valence-corrected chi connectivity index (χ3v) is 4.81. The second-order valence-corrected chi connectivity index (χ2v) is 6.63. The van der Waals surface area contributed by atoms with Gasteiger partial charge in [-0.05, 0) is 59.0 Å². The summed E-state index contributed by atoms with van der Waals surface area (Å²) in [6, 6.07) is 7.94. The molecular weight excluding hydrogens is 348 g/mol. The number of methoxy groups -OCH3 is 1. The first-order valence-electron chi connectivity index (χ1n) is 7.12. The number of ether oxygens (including phenoxy) is 1. The van der Waals surface area contributed by atoms with E-state index in [1.807, 2.05) is 24.3 Å². The lowest BCUT2D eigenvalue weighted by Gasteiger charge is -2.12. The molecule has 0 unspecified atom stereocenters. The lowest BCUT2D eigenvalue weighted by molar-refractivity contribution is 0.412. The molecule has 0 atom stereocenters. The number of aromatic amines is 1. The van der Waals surface area contributed by atoms with Crippen LogP contribution in [-0.2, 0) is 0 Å². The summed E-state index contributed by atoms with van der Waals surface area (Å²) in [5.74, 6) is 2.23. The van der Waals surface area contributed by atoms with Crippen molar-refractivity contribution in [2.24, 2.45) is 0 Å². The maximum Gasteiger partial charge on any atom is 0.139 e. The van der Waals surface area contributed by atoms with E-state index >= 15 is 0 Å². The van der Waals surface area contributed by atoms with Crippen molar-refractivity contribution in [1.82, 2.24) is 9.97 Å². The van der Waals surface area contributed by atoms with Gasteiger partial charge in [-0.3, -0.25) is 0 Å². The van der Waals surface area contributed by atoms with Gasteiger partial charge in [-0.2, -0.15) is 0 Å². The first-order valence-corrected chi connectivity index (χ1v) is 8.32. The summed E-state index contributed by atoms with van der Waals surface area (Å²) in [4.78, 5) is 7.94. The van der Waals surface area contributed by atoms with Gasteiger partial charge in [0.25, 0.3) is 0 Å². The standard InChI is InChI=1S/C16H17BrN2OS/c1-20-14-7-6-11(8-12(14)17)16-18-13(9-15(21)19-16)10-4-2-3-5-10/h6-10H,2-5H2,1H3,(H,18,19,21).